The van der Waals surface area contributed by atoms with Crippen molar-refractivity contribution < 1.29 is 9.47 Å². The molecule has 0 saturated carbocycles. The van der Waals surface area contributed by atoms with Crippen LogP contribution in [0, 0.1) is 18.3 Å². The van der Waals surface area contributed by atoms with Gasteiger partial charge in [-0.1, -0.05) is 48.0 Å². The number of rotatable bonds is 6. The number of fused-ring (bicyclic) bond motifs is 1. The van der Waals surface area contributed by atoms with Crippen molar-refractivity contribution in [3.05, 3.63) is 89.2 Å². The number of aryl methyl sites for hydroxylation is 1. The van der Waals surface area contributed by atoms with E-state index in [1.165, 1.54) is 5.56 Å². The number of hydrogen-bond donors (Lipinski definition) is 1. The van der Waals surface area contributed by atoms with E-state index in [1.54, 1.807) is 13.2 Å². The van der Waals surface area contributed by atoms with Gasteiger partial charge < -0.3 is 14.5 Å². The van der Waals surface area contributed by atoms with E-state index >= 15 is 0 Å². The standard InChI is InChI=1S/C25H21N3O2/c1-17-7-9-18(10-8-17)16-30-24-14-19(11-12-23(24)29-2)13-20(15-26)25-27-21-5-3-4-6-22(21)28-25/h3-14H,16H2,1-2H3,(H,27,28)/b20-13-. The first-order chi connectivity index (χ1) is 14.7. The Labute approximate surface area is 175 Å². The van der Waals surface area contributed by atoms with Gasteiger partial charge in [0.05, 0.1) is 23.7 Å². The molecule has 3 aromatic carbocycles. The van der Waals surface area contributed by atoms with E-state index in [0.717, 1.165) is 22.2 Å². The van der Waals surface area contributed by atoms with E-state index in [0.29, 0.717) is 29.5 Å². The minimum Gasteiger partial charge on any atom is -0.493 e. The van der Waals surface area contributed by atoms with Crippen molar-refractivity contribution in [2.45, 2.75) is 13.5 Å². The molecule has 0 bridgehead atoms. The molecular weight excluding hydrogens is 374 g/mol. The predicted molar refractivity (Wildman–Crippen MR) is 118 cm³/mol. The quantitative estimate of drug-likeness (QED) is 0.436. The Morgan fingerprint density at radius 2 is 1.87 bits per heavy atom. The first-order valence-electron chi connectivity index (χ1n) is 9.59. The summed E-state index contributed by atoms with van der Waals surface area (Å²) >= 11 is 0. The lowest BCUT2D eigenvalue weighted by Gasteiger charge is -2.12. The molecule has 0 amide bonds. The molecule has 1 N–H and O–H groups in total. The van der Waals surface area contributed by atoms with Gasteiger partial charge in [-0.15, -0.1) is 0 Å². The summed E-state index contributed by atoms with van der Waals surface area (Å²) in [6, 6.07) is 23.7. The van der Waals surface area contributed by atoms with E-state index in [4.69, 9.17) is 9.47 Å². The molecule has 0 aliphatic heterocycles. The second-order valence-corrected chi connectivity index (χ2v) is 6.96. The van der Waals surface area contributed by atoms with Crippen LogP contribution in [-0.4, -0.2) is 17.1 Å². The Bertz CT molecular complexity index is 1210. The number of allylic oxidation sites excluding steroid dienone is 1. The molecule has 0 fully saturated rings. The average Bonchev–Trinajstić information content (AvgIpc) is 3.21. The maximum Gasteiger partial charge on any atom is 0.162 e. The van der Waals surface area contributed by atoms with Gasteiger partial charge in [-0.25, -0.2) is 4.98 Å². The van der Waals surface area contributed by atoms with Crippen molar-refractivity contribution in [1.82, 2.24) is 9.97 Å². The zero-order valence-corrected chi connectivity index (χ0v) is 16.8. The number of nitrogens with zero attached hydrogens (tertiary/aromatic N) is 2. The number of H-pyrrole nitrogens is 1. The molecule has 148 valence electrons. The minimum atomic E-state index is 0.429. The Morgan fingerprint density at radius 3 is 2.60 bits per heavy atom. The number of ether oxygens (including phenoxy) is 2. The number of aromatic nitrogens is 2. The van der Waals surface area contributed by atoms with Crippen LogP contribution in [0.4, 0.5) is 0 Å². The zero-order chi connectivity index (χ0) is 20.9. The summed E-state index contributed by atoms with van der Waals surface area (Å²) in [5.41, 5.74) is 5.27. The molecule has 0 saturated heterocycles. The van der Waals surface area contributed by atoms with E-state index in [2.05, 4.69) is 35.1 Å². The molecule has 0 radical (unpaired) electrons. The van der Waals surface area contributed by atoms with Gasteiger partial charge in [0, 0.05) is 0 Å². The summed E-state index contributed by atoms with van der Waals surface area (Å²) in [6.07, 6.45) is 1.79. The van der Waals surface area contributed by atoms with Crippen molar-refractivity contribution in [3.8, 4) is 17.6 Å². The number of methoxy groups -OCH3 is 1. The summed E-state index contributed by atoms with van der Waals surface area (Å²) in [6.45, 7) is 2.48. The lowest BCUT2D eigenvalue weighted by atomic mass is 10.1. The Morgan fingerprint density at radius 1 is 1.07 bits per heavy atom. The van der Waals surface area contributed by atoms with E-state index in [1.807, 2.05) is 54.6 Å². The third-order valence-electron chi connectivity index (χ3n) is 4.78. The monoisotopic (exact) mass is 395 g/mol. The fourth-order valence-electron chi connectivity index (χ4n) is 3.14. The first-order valence-corrected chi connectivity index (χ1v) is 9.59. The van der Waals surface area contributed by atoms with Gasteiger partial charge in [-0.3, -0.25) is 0 Å². The highest BCUT2D eigenvalue weighted by Crippen LogP contribution is 2.30. The average molecular weight is 395 g/mol. The van der Waals surface area contributed by atoms with Crippen molar-refractivity contribution in [2.75, 3.05) is 7.11 Å². The van der Waals surface area contributed by atoms with E-state index in [9.17, 15) is 5.26 Å². The van der Waals surface area contributed by atoms with Gasteiger partial charge in [0.2, 0.25) is 0 Å². The maximum atomic E-state index is 9.68. The largest absolute Gasteiger partial charge is 0.493 e. The number of aromatic amines is 1. The molecule has 4 rings (SSSR count). The lowest BCUT2D eigenvalue weighted by molar-refractivity contribution is 0.284. The third-order valence-corrected chi connectivity index (χ3v) is 4.78. The zero-order valence-electron chi connectivity index (χ0n) is 16.8. The Hall–Kier alpha value is -4.04. The lowest BCUT2D eigenvalue weighted by Crippen LogP contribution is -1.98. The molecule has 0 aliphatic carbocycles. The predicted octanol–water partition coefficient (Wildman–Crippen LogP) is 5.52. The molecule has 0 unspecified atom stereocenters. The number of benzene rings is 3. The van der Waals surface area contributed by atoms with Crippen LogP contribution in [-0.2, 0) is 6.61 Å². The number of imidazole rings is 1. The van der Waals surface area contributed by atoms with Crippen LogP contribution in [0.15, 0.2) is 66.7 Å². The van der Waals surface area contributed by atoms with Crippen molar-refractivity contribution >= 4 is 22.7 Å². The summed E-state index contributed by atoms with van der Waals surface area (Å²) < 4.78 is 11.4. The summed E-state index contributed by atoms with van der Waals surface area (Å²) in [5, 5.41) is 9.68. The molecule has 1 aromatic heterocycles. The van der Waals surface area contributed by atoms with Gasteiger partial charge in [0.15, 0.2) is 11.5 Å². The summed E-state index contributed by atoms with van der Waals surface area (Å²) in [5.74, 6) is 1.80. The first kappa shape index (κ1) is 19.3. The van der Waals surface area contributed by atoms with Crippen molar-refractivity contribution in [3.63, 3.8) is 0 Å². The number of para-hydroxylation sites is 2. The van der Waals surface area contributed by atoms with Gasteiger partial charge in [0.1, 0.15) is 18.5 Å². The molecule has 1 heterocycles. The SMILES string of the molecule is COc1ccc(/C=C(/C#N)c2nc3ccccc3[nH]2)cc1OCc1ccc(C)cc1. The minimum absolute atomic E-state index is 0.429. The molecule has 0 atom stereocenters. The Kier molecular flexibility index (Phi) is 5.49. The highest BCUT2D eigenvalue weighted by molar-refractivity contribution is 5.90. The van der Waals surface area contributed by atoms with Crippen LogP contribution >= 0.6 is 0 Å². The number of nitrogens with one attached hydrogen (secondary N) is 1. The molecular formula is C25H21N3O2. The topological polar surface area (TPSA) is 70.9 Å². The number of nitriles is 1. The van der Waals surface area contributed by atoms with Crippen molar-refractivity contribution in [1.29, 1.82) is 5.26 Å². The second kappa shape index (κ2) is 8.54. The van der Waals surface area contributed by atoms with Crippen LogP contribution in [0.2, 0.25) is 0 Å². The summed E-state index contributed by atoms with van der Waals surface area (Å²) in [7, 11) is 1.61. The highest BCUT2D eigenvalue weighted by Gasteiger charge is 2.10. The molecule has 0 aliphatic rings. The van der Waals surface area contributed by atoms with Crippen LogP contribution in [0.5, 0.6) is 11.5 Å². The summed E-state index contributed by atoms with van der Waals surface area (Å²) in [4.78, 5) is 7.71. The molecule has 30 heavy (non-hydrogen) atoms. The van der Waals surface area contributed by atoms with Gasteiger partial charge in [0.25, 0.3) is 0 Å². The molecule has 0 spiro atoms. The fraction of sp³-hybridized carbons (Fsp3) is 0.120. The van der Waals surface area contributed by atoms with E-state index < -0.39 is 0 Å². The molecule has 4 aromatic rings. The third kappa shape index (κ3) is 4.18. The van der Waals surface area contributed by atoms with Crippen molar-refractivity contribution in [2.24, 2.45) is 0 Å². The molecule has 5 heteroatoms. The fourth-order valence-corrected chi connectivity index (χ4v) is 3.14. The Balaban J connectivity index is 1.62. The van der Waals surface area contributed by atoms with Crippen LogP contribution in [0.3, 0.4) is 0 Å². The van der Waals surface area contributed by atoms with Gasteiger partial charge in [-0.2, -0.15) is 5.26 Å². The maximum absolute atomic E-state index is 9.68. The highest BCUT2D eigenvalue weighted by atomic mass is 16.5. The molecule has 5 nitrogen and oxygen atoms in total. The van der Waals surface area contributed by atoms with Crippen LogP contribution in [0.1, 0.15) is 22.5 Å². The van der Waals surface area contributed by atoms with Gasteiger partial charge >= 0.3 is 0 Å². The van der Waals surface area contributed by atoms with E-state index in [-0.39, 0.29) is 0 Å². The van der Waals surface area contributed by atoms with Crippen LogP contribution < -0.4 is 9.47 Å². The van der Waals surface area contributed by atoms with Gasteiger partial charge in [-0.05, 0) is 48.4 Å². The second-order valence-electron chi connectivity index (χ2n) is 6.96. The normalized spacial score (nSPS) is 11.3. The van der Waals surface area contributed by atoms with Crippen LogP contribution in [0.25, 0.3) is 22.7 Å². The number of hydrogen-bond acceptors (Lipinski definition) is 4. The smallest absolute Gasteiger partial charge is 0.162 e.